The van der Waals surface area contributed by atoms with Gasteiger partial charge in [-0.3, -0.25) is 0 Å². The van der Waals surface area contributed by atoms with Gasteiger partial charge in [-0.15, -0.1) is 0 Å². The first-order valence-corrected chi connectivity index (χ1v) is 9.06. The van der Waals surface area contributed by atoms with E-state index in [0.717, 1.165) is 6.42 Å². The topological polar surface area (TPSA) is 0 Å². The minimum Gasteiger partial charge on any atom is -0.0696 e. The van der Waals surface area contributed by atoms with Crippen LogP contribution in [0.2, 0.25) is 0 Å². The van der Waals surface area contributed by atoms with Crippen LogP contribution in [-0.4, -0.2) is 9.52 Å². The molecule has 0 amide bonds. The van der Waals surface area contributed by atoms with Crippen LogP contribution in [0, 0.1) is 6.92 Å². The molecule has 0 N–H and O–H groups in total. The van der Waals surface area contributed by atoms with Crippen molar-refractivity contribution in [2.45, 2.75) is 27.2 Å². The smallest absolute Gasteiger partial charge is 0.0696 e. The van der Waals surface area contributed by atoms with Gasteiger partial charge >= 0.3 is 0 Å². The number of hydrogen-bond acceptors (Lipinski definition) is 0. The summed E-state index contributed by atoms with van der Waals surface area (Å²) in [6.45, 7) is 6.78. The van der Waals surface area contributed by atoms with E-state index in [-0.39, 0.29) is 9.52 Å². The maximum absolute atomic E-state index is 2.32. The predicted octanol–water partition coefficient (Wildman–Crippen LogP) is 3.94. The fourth-order valence-electron chi connectivity index (χ4n) is 3.16. The largest absolute Gasteiger partial charge is 0.0878 e. The van der Waals surface area contributed by atoms with Crippen LogP contribution in [0.3, 0.4) is 0 Å². The van der Waals surface area contributed by atoms with Crippen LogP contribution in [0.5, 0.6) is 0 Å². The monoisotopic (exact) mass is 290 g/mol. The summed E-state index contributed by atoms with van der Waals surface area (Å²) in [6.07, 6.45) is 1.13. The Morgan fingerprint density at radius 2 is 1.48 bits per heavy atom. The fourth-order valence-corrected chi connectivity index (χ4v) is 4.98. The van der Waals surface area contributed by atoms with Crippen LogP contribution >= 0.6 is 0 Å². The van der Waals surface area contributed by atoms with Crippen molar-refractivity contribution in [3.63, 3.8) is 0 Å². The van der Waals surface area contributed by atoms with Gasteiger partial charge in [0.25, 0.3) is 0 Å². The van der Waals surface area contributed by atoms with Crippen molar-refractivity contribution < 1.29 is 0 Å². The second kappa shape index (κ2) is 5.86. The molecule has 0 aromatic heterocycles. The van der Waals surface area contributed by atoms with Crippen LogP contribution in [0.1, 0.15) is 31.4 Å². The van der Waals surface area contributed by atoms with Crippen LogP contribution in [0.4, 0.5) is 0 Å². The summed E-state index contributed by atoms with van der Waals surface area (Å²) >= 11 is 0. The summed E-state index contributed by atoms with van der Waals surface area (Å²) in [5.41, 5.74) is 7.38. The Morgan fingerprint density at radius 1 is 0.810 bits per heavy atom. The second-order valence-electron chi connectivity index (χ2n) is 6.07. The molecule has 1 heteroatoms. The molecule has 0 spiro atoms. The molecule has 0 atom stereocenters. The molecule has 0 saturated heterocycles. The molecule has 0 radical (unpaired) electrons. The van der Waals surface area contributed by atoms with E-state index in [0.29, 0.717) is 0 Å². The van der Waals surface area contributed by atoms with E-state index in [9.17, 15) is 0 Å². The Balaban J connectivity index is 1.91. The lowest BCUT2D eigenvalue weighted by molar-refractivity contribution is 1.25. The molecule has 0 unspecified atom stereocenters. The molecule has 21 heavy (non-hydrogen) atoms. The van der Waals surface area contributed by atoms with Gasteiger partial charge < -0.3 is 0 Å². The van der Waals surface area contributed by atoms with Crippen LogP contribution in [-0.2, 0) is 0 Å². The lowest BCUT2D eigenvalue weighted by atomic mass is 10.00. The molecular formula is C20H22Si. The number of benzene rings is 2. The maximum Gasteiger partial charge on any atom is 0.0878 e. The van der Waals surface area contributed by atoms with Crippen LogP contribution in [0.25, 0.3) is 5.57 Å². The number of allylic oxidation sites excluding steroid dienone is 4. The molecule has 1 aliphatic carbocycles. The summed E-state index contributed by atoms with van der Waals surface area (Å²) in [7, 11) is -0.353. The molecule has 0 aliphatic heterocycles. The van der Waals surface area contributed by atoms with Crippen molar-refractivity contribution in [1.82, 2.24) is 0 Å². The first kappa shape index (κ1) is 14.1. The number of rotatable bonds is 3. The SMILES string of the molecule is CC1=C([SiH2]c2ccccc2)C(C)=C(c2ccc(C)cc2)C1. The van der Waals surface area contributed by atoms with E-state index in [2.05, 4.69) is 75.4 Å². The highest BCUT2D eigenvalue weighted by molar-refractivity contribution is 6.62. The third kappa shape index (κ3) is 2.93. The zero-order chi connectivity index (χ0) is 14.8. The molecular weight excluding hydrogens is 268 g/mol. The van der Waals surface area contributed by atoms with E-state index in [1.54, 1.807) is 10.8 Å². The first-order valence-electron chi connectivity index (χ1n) is 7.65. The van der Waals surface area contributed by atoms with Crippen molar-refractivity contribution in [3.8, 4) is 0 Å². The number of aryl methyl sites for hydroxylation is 1. The summed E-state index contributed by atoms with van der Waals surface area (Å²) in [6, 6.07) is 20.0. The van der Waals surface area contributed by atoms with Gasteiger partial charge in [-0.1, -0.05) is 76.1 Å². The molecule has 106 valence electrons. The molecule has 2 aromatic carbocycles. The molecule has 2 aromatic rings. The Kier molecular flexibility index (Phi) is 3.93. The third-order valence-electron chi connectivity index (χ3n) is 4.49. The minimum absolute atomic E-state index is 0.353. The average molecular weight is 290 g/mol. The molecule has 0 saturated carbocycles. The summed E-state index contributed by atoms with van der Waals surface area (Å²) in [5, 5.41) is 3.20. The van der Waals surface area contributed by atoms with E-state index < -0.39 is 0 Å². The minimum atomic E-state index is -0.353. The Hall–Kier alpha value is -1.86. The molecule has 0 fully saturated rings. The van der Waals surface area contributed by atoms with E-state index in [4.69, 9.17) is 0 Å². The van der Waals surface area contributed by atoms with Gasteiger partial charge in [0.1, 0.15) is 0 Å². The zero-order valence-corrected chi connectivity index (χ0v) is 14.5. The van der Waals surface area contributed by atoms with Gasteiger partial charge in [0.2, 0.25) is 0 Å². The van der Waals surface area contributed by atoms with Crippen molar-refractivity contribution in [2.24, 2.45) is 0 Å². The summed E-state index contributed by atoms with van der Waals surface area (Å²) in [4.78, 5) is 0. The second-order valence-corrected chi connectivity index (χ2v) is 7.94. The van der Waals surface area contributed by atoms with Crippen molar-refractivity contribution >= 4 is 20.3 Å². The standard InChI is InChI=1S/C20H22Si/c1-14-9-11-17(12-10-14)19-13-15(2)20(16(19)3)21-18-7-5-4-6-8-18/h4-12H,13,21H2,1-3H3. The van der Waals surface area contributed by atoms with Gasteiger partial charge in [0.05, 0.1) is 9.52 Å². The lowest BCUT2D eigenvalue weighted by Crippen LogP contribution is -2.16. The van der Waals surface area contributed by atoms with E-state index >= 15 is 0 Å². The van der Waals surface area contributed by atoms with Crippen molar-refractivity contribution in [1.29, 1.82) is 0 Å². The van der Waals surface area contributed by atoms with Crippen molar-refractivity contribution in [2.75, 3.05) is 0 Å². The molecule has 0 nitrogen and oxygen atoms in total. The molecule has 1 aliphatic rings. The Labute approximate surface area is 130 Å². The molecule has 0 heterocycles. The highest BCUT2D eigenvalue weighted by Gasteiger charge is 2.20. The lowest BCUT2D eigenvalue weighted by Gasteiger charge is -2.08. The zero-order valence-electron chi connectivity index (χ0n) is 13.1. The first-order chi connectivity index (χ1) is 10.1. The normalized spacial score (nSPS) is 15.6. The average Bonchev–Trinajstić information content (AvgIpc) is 2.77. The van der Waals surface area contributed by atoms with E-state index in [1.807, 2.05) is 0 Å². The maximum atomic E-state index is 2.32. The van der Waals surface area contributed by atoms with Gasteiger partial charge in [-0.25, -0.2) is 0 Å². The van der Waals surface area contributed by atoms with E-state index in [1.165, 1.54) is 27.5 Å². The highest BCUT2D eigenvalue weighted by atomic mass is 28.2. The fraction of sp³-hybridized carbons (Fsp3) is 0.200. The predicted molar refractivity (Wildman–Crippen MR) is 95.7 cm³/mol. The molecule has 3 rings (SSSR count). The van der Waals surface area contributed by atoms with Gasteiger partial charge in [0, 0.05) is 0 Å². The Morgan fingerprint density at radius 3 is 2.14 bits per heavy atom. The van der Waals surface area contributed by atoms with Gasteiger partial charge in [-0.2, -0.15) is 0 Å². The molecule has 0 bridgehead atoms. The number of hydrogen-bond donors (Lipinski definition) is 0. The highest BCUT2D eigenvalue weighted by Crippen LogP contribution is 2.37. The Bertz CT molecular complexity index is 703. The summed E-state index contributed by atoms with van der Waals surface area (Å²) < 4.78 is 0. The summed E-state index contributed by atoms with van der Waals surface area (Å²) in [5.74, 6) is 0. The van der Waals surface area contributed by atoms with Gasteiger partial charge in [-0.05, 0) is 43.9 Å². The van der Waals surface area contributed by atoms with Gasteiger partial charge in [0.15, 0.2) is 0 Å². The van der Waals surface area contributed by atoms with Crippen LogP contribution in [0.15, 0.2) is 70.9 Å². The van der Waals surface area contributed by atoms with Crippen molar-refractivity contribution in [3.05, 3.63) is 82.1 Å². The quantitative estimate of drug-likeness (QED) is 0.751. The third-order valence-corrected chi connectivity index (χ3v) is 6.85. The van der Waals surface area contributed by atoms with Crippen LogP contribution < -0.4 is 5.19 Å².